The maximum atomic E-state index is 13.4. The number of nitrogens with zero attached hydrogens (tertiary/aromatic N) is 3. The van der Waals surface area contributed by atoms with Crippen molar-refractivity contribution >= 4 is 32.6 Å². The molecule has 0 unspecified atom stereocenters. The number of amides is 1. The van der Waals surface area contributed by atoms with Crippen LogP contribution in [0.1, 0.15) is 33.5 Å². The number of benzene rings is 2. The summed E-state index contributed by atoms with van der Waals surface area (Å²) in [5.41, 5.74) is 2.39. The van der Waals surface area contributed by atoms with Crippen molar-refractivity contribution in [2.45, 2.75) is 26.4 Å². The highest BCUT2D eigenvalue weighted by Crippen LogP contribution is 2.34. The number of rotatable bonds is 6. The van der Waals surface area contributed by atoms with Gasteiger partial charge in [0.25, 0.3) is 5.91 Å². The van der Waals surface area contributed by atoms with Gasteiger partial charge in [0.15, 0.2) is 5.13 Å². The summed E-state index contributed by atoms with van der Waals surface area (Å²) in [7, 11) is 0. The molecule has 2 heterocycles. The molecule has 5 nitrogen and oxygen atoms in total. The number of aryl methyl sites for hydroxylation is 2. The molecule has 4 rings (SSSR count). The van der Waals surface area contributed by atoms with E-state index in [1.54, 1.807) is 4.90 Å². The summed E-state index contributed by atoms with van der Waals surface area (Å²) in [6, 6.07) is 8.41. The third-order valence-electron chi connectivity index (χ3n) is 5.83. The monoisotopic (exact) mass is 477 g/mol. The maximum Gasteiger partial charge on any atom is 0.416 e. The lowest BCUT2D eigenvalue weighted by molar-refractivity contribution is -0.137. The number of anilines is 1. The van der Waals surface area contributed by atoms with Crippen molar-refractivity contribution in [2.24, 2.45) is 0 Å². The van der Waals surface area contributed by atoms with Gasteiger partial charge in [-0.1, -0.05) is 23.5 Å². The molecular weight excluding hydrogens is 451 g/mol. The van der Waals surface area contributed by atoms with Crippen LogP contribution in [0.15, 0.2) is 36.4 Å². The molecule has 1 aliphatic rings. The third kappa shape index (κ3) is 5.37. The number of fused-ring (bicyclic) bond motifs is 1. The van der Waals surface area contributed by atoms with Crippen molar-refractivity contribution < 1.29 is 22.7 Å². The molecule has 0 saturated carbocycles. The summed E-state index contributed by atoms with van der Waals surface area (Å²) in [6.45, 7) is 8.32. The Balaban J connectivity index is 1.61. The van der Waals surface area contributed by atoms with Gasteiger partial charge in [0.1, 0.15) is 0 Å². The SMILES string of the molecule is Cc1ccc(C)c2sc(N(CCCN3CCOCC3)C(=O)c3ccc(C(F)(F)F)cc3)nc12. The van der Waals surface area contributed by atoms with E-state index in [1.165, 1.54) is 23.5 Å². The highest BCUT2D eigenvalue weighted by Gasteiger charge is 2.31. The number of thiazole rings is 1. The topological polar surface area (TPSA) is 45.7 Å². The fourth-order valence-corrected chi connectivity index (χ4v) is 5.02. The molecule has 1 amide bonds. The number of hydrogen-bond acceptors (Lipinski definition) is 5. The van der Waals surface area contributed by atoms with Gasteiger partial charge >= 0.3 is 6.18 Å². The number of carbonyl (C=O) groups is 1. The summed E-state index contributed by atoms with van der Waals surface area (Å²) in [6.07, 6.45) is -3.72. The molecule has 1 fully saturated rings. The summed E-state index contributed by atoms with van der Waals surface area (Å²) in [4.78, 5) is 22.1. The highest BCUT2D eigenvalue weighted by atomic mass is 32.1. The lowest BCUT2D eigenvalue weighted by Crippen LogP contribution is -2.39. The minimum Gasteiger partial charge on any atom is -0.379 e. The average molecular weight is 478 g/mol. The Morgan fingerprint density at radius 3 is 2.39 bits per heavy atom. The van der Waals surface area contributed by atoms with Crippen molar-refractivity contribution in [3.8, 4) is 0 Å². The number of halogens is 3. The Bertz CT molecular complexity index is 1080. The summed E-state index contributed by atoms with van der Waals surface area (Å²) >= 11 is 1.44. The van der Waals surface area contributed by atoms with Gasteiger partial charge in [-0.25, -0.2) is 4.98 Å². The molecule has 0 atom stereocenters. The van der Waals surface area contributed by atoms with Gasteiger partial charge in [0, 0.05) is 31.7 Å². The van der Waals surface area contributed by atoms with Crippen LogP contribution in [0.5, 0.6) is 0 Å². The lowest BCUT2D eigenvalue weighted by atomic mass is 10.1. The standard InChI is InChI=1S/C24H26F3N3O2S/c1-16-4-5-17(2)21-20(16)28-23(33-21)30(11-3-10-29-12-14-32-15-13-29)22(31)18-6-8-19(9-7-18)24(25,26)27/h4-9H,3,10-15H2,1-2H3. The molecule has 33 heavy (non-hydrogen) atoms. The molecule has 176 valence electrons. The Morgan fingerprint density at radius 2 is 1.76 bits per heavy atom. The zero-order valence-electron chi connectivity index (χ0n) is 18.6. The van der Waals surface area contributed by atoms with Crippen LogP contribution in [-0.4, -0.2) is 55.2 Å². The second-order valence-electron chi connectivity index (χ2n) is 8.21. The largest absolute Gasteiger partial charge is 0.416 e. The van der Waals surface area contributed by atoms with Gasteiger partial charge in [-0.15, -0.1) is 0 Å². The smallest absolute Gasteiger partial charge is 0.379 e. The molecule has 0 N–H and O–H groups in total. The predicted octanol–water partition coefficient (Wildman–Crippen LogP) is 5.30. The summed E-state index contributed by atoms with van der Waals surface area (Å²) in [5, 5.41) is 0.564. The van der Waals surface area contributed by atoms with Crippen LogP contribution in [0.25, 0.3) is 10.2 Å². The normalized spacial score (nSPS) is 15.2. The molecule has 0 bridgehead atoms. The van der Waals surface area contributed by atoms with Gasteiger partial charge in [-0.2, -0.15) is 13.2 Å². The number of aromatic nitrogens is 1. The van der Waals surface area contributed by atoms with E-state index in [1.807, 2.05) is 26.0 Å². The molecule has 1 saturated heterocycles. The van der Waals surface area contributed by atoms with E-state index < -0.39 is 11.7 Å². The summed E-state index contributed by atoms with van der Waals surface area (Å²) in [5.74, 6) is -0.347. The van der Waals surface area contributed by atoms with Crippen LogP contribution >= 0.6 is 11.3 Å². The first-order chi connectivity index (χ1) is 15.7. The van der Waals surface area contributed by atoms with E-state index in [-0.39, 0.29) is 11.5 Å². The van der Waals surface area contributed by atoms with Crippen molar-refractivity contribution in [3.63, 3.8) is 0 Å². The minimum atomic E-state index is -4.44. The van der Waals surface area contributed by atoms with Crippen molar-refractivity contribution in [3.05, 3.63) is 58.7 Å². The second kappa shape index (κ2) is 9.79. The van der Waals surface area contributed by atoms with Crippen LogP contribution in [0.4, 0.5) is 18.3 Å². The third-order valence-corrected chi connectivity index (χ3v) is 7.04. The second-order valence-corrected chi connectivity index (χ2v) is 9.19. The van der Waals surface area contributed by atoms with E-state index in [9.17, 15) is 18.0 Å². The molecule has 1 aromatic heterocycles. The van der Waals surface area contributed by atoms with Crippen molar-refractivity contribution in [2.75, 3.05) is 44.3 Å². The van der Waals surface area contributed by atoms with Crippen LogP contribution < -0.4 is 4.90 Å². The van der Waals surface area contributed by atoms with Crippen molar-refractivity contribution in [1.29, 1.82) is 0 Å². The molecule has 3 aromatic rings. The van der Waals surface area contributed by atoms with Gasteiger partial charge in [0.05, 0.1) is 29.0 Å². The summed E-state index contributed by atoms with van der Waals surface area (Å²) < 4.78 is 45.3. The van der Waals surface area contributed by atoms with E-state index in [4.69, 9.17) is 9.72 Å². The first-order valence-corrected chi connectivity index (χ1v) is 11.7. The highest BCUT2D eigenvalue weighted by molar-refractivity contribution is 7.22. The molecule has 0 radical (unpaired) electrons. The van der Waals surface area contributed by atoms with E-state index in [2.05, 4.69) is 4.90 Å². The fourth-order valence-electron chi connectivity index (χ4n) is 3.88. The molecule has 1 aliphatic heterocycles. The molecule has 0 aliphatic carbocycles. The molecule has 2 aromatic carbocycles. The number of carbonyl (C=O) groups excluding carboxylic acids is 1. The quantitative estimate of drug-likeness (QED) is 0.483. The number of hydrogen-bond donors (Lipinski definition) is 0. The van der Waals surface area contributed by atoms with Crippen LogP contribution in [0.2, 0.25) is 0 Å². The zero-order valence-corrected chi connectivity index (χ0v) is 19.4. The molecular formula is C24H26F3N3O2S. The first kappa shape index (κ1) is 23.7. The zero-order chi connectivity index (χ0) is 23.6. The number of alkyl halides is 3. The molecule has 0 spiro atoms. The van der Waals surface area contributed by atoms with E-state index >= 15 is 0 Å². The fraction of sp³-hybridized carbons (Fsp3) is 0.417. The van der Waals surface area contributed by atoms with Gasteiger partial charge in [-0.3, -0.25) is 14.6 Å². The number of ether oxygens (including phenoxy) is 1. The van der Waals surface area contributed by atoms with Crippen LogP contribution in [0.3, 0.4) is 0 Å². The van der Waals surface area contributed by atoms with Gasteiger partial charge in [0.2, 0.25) is 0 Å². The number of morpholine rings is 1. The van der Waals surface area contributed by atoms with Gasteiger partial charge in [-0.05, 0) is 55.7 Å². The Hall–Kier alpha value is -2.49. The van der Waals surface area contributed by atoms with Crippen LogP contribution in [-0.2, 0) is 10.9 Å². The van der Waals surface area contributed by atoms with Gasteiger partial charge < -0.3 is 4.74 Å². The van der Waals surface area contributed by atoms with Crippen molar-refractivity contribution in [1.82, 2.24) is 9.88 Å². The first-order valence-electron chi connectivity index (χ1n) is 10.9. The lowest BCUT2D eigenvalue weighted by Gasteiger charge is -2.27. The van der Waals surface area contributed by atoms with Crippen LogP contribution in [0, 0.1) is 13.8 Å². The Kier molecular flexibility index (Phi) is 7.02. The Labute approximate surface area is 194 Å². The minimum absolute atomic E-state index is 0.210. The average Bonchev–Trinajstić information content (AvgIpc) is 3.26. The van der Waals surface area contributed by atoms with E-state index in [0.29, 0.717) is 24.9 Å². The maximum absolute atomic E-state index is 13.4. The van der Waals surface area contributed by atoms with E-state index in [0.717, 1.165) is 59.5 Å². The molecule has 9 heteroatoms. The Morgan fingerprint density at radius 1 is 1.09 bits per heavy atom. The predicted molar refractivity (Wildman–Crippen MR) is 124 cm³/mol.